The van der Waals surface area contributed by atoms with Gasteiger partial charge in [0.15, 0.2) is 12.1 Å². The topological polar surface area (TPSA) is 104 Å². The highest BCUT2D eigenvalue weighted by Crippen LogP contribution is 2.32. The summed E-state index contributed by atoms with van der Waals surface area (Å²) in [6, 6.07) is 11.9. The van der Waals surface area contributed by atoms with Crippen molar-refractivity contribution < 1.29 is 19.1 Å². The van der Waals surface area contributed by atoms with Crippen LogP contribution in [0.1, 0.15) is 0 Å². The highest BCUT2D eigenvalue weighted by Gasteiger charge is 2.55. The van der Waals surface area contributed by atoms with Crippen LogP contribution in [0.3, 0.4) is 0 Å². The van der Waals surface area contributed by atoms with E-state index in [2.05, 4.69) is 31.6 Å². The number of benzene rings is 2. The van der Waals surface area contributed by atoms with E-state index in [0.29, 0.717) is 17.1 Å². The van der Waals surface area contributed by atoms with Crippen LogP contribution in [0.2, 0.25) is 0 Å². The number of hydrogen-bond acceptors (Lipinski definition) is 7. The summed E-state index contributed by atoms with van der Waals surface area (Å²) in [5.74, 6) is -0.817. The molecule has 2 aromatic carbocycles. The average Bonchev–Trinajstić information content (AvgIpc) is 3.23. The maximum atomic E-state index is 12.9. The maximum Gasteiger partial charge on any atom is 0.263 e. The van der Waals surface area contributed by atoms with E-state index in [4.69, 9.17) is 4.74 Å². The molecule has 1 saturated heterocycles. The molecule has 0 radical (unpaired) electrons. The Morgan fingerprint density at radius 1 is 1.14 bits per heavy atom. The molecule has 0 saturated carbocycles. The Kier molecular flexibility index (Phi) is 5.01. The van der Waals surface area contributed by atoms with Gasteiger partial charge in [0.25, 0.3) is 11.8 Å². The summed E-state index contributed by atoms with van der Waals surface area (Å²) in [5, 5.41) is 11.8. The number of anilines is 2. The van der Waals surface area contributed by atoms with Gasteiger partial charge in [0.1, 0.15) is 12.3 Å². The monoisotopic (exact) mass is 457 g/mol. The van der Waals surface area contributed by atoms with Gasteiger partial charge in [-0.3, -0.25) is 19.4 Å². The molecule has 10 heteroatoms. The SMILES string of the molecule is COc1ccccc1NC(=O)CN1N=N[C@@H]2C(=O)N(c3ccc(Br)cc3)C(=O)[C@@H]21. The minimum Gasteiger partial charge on any atom is -0.495 e. The van der Waals surface area contributed by atoms with E-state index in [1.165, 1.54) is 12.1 Å². The number of fused-ring (bicyclic) bond motifs is 1. The quantitative estimate of drug-likeness (QED) is 0.694. The minimum absolute atomic E-state index is 0.226. The van der Waals surface area contributed by atoms with Crippen LogP contribution in [0.4, 0.5) is 11.4 Å². The lowest BCUT2D eigenvalue weighted by Gasteiger charge is -2.20. The Morgan fingerprint density at radius 3 is 2.59 bits per heavy atom. The Bertz CT molecular complexity index is 1010. The lowest BCUT2D eigenvalue weighted by Crippen LogP contribution is -2.43. The molecule has 2 heterocycles. The highest BCUT2D eigenvalue weighted by atomic mass is 79.9. The van der Waals surface area contributed by atoms with E-state index in [9.17, 15) is 14.4 Å². The van der Waals surface area contributed by atoms with Gasteiger partial charge in [-0.25, -0.2) is 4.90 Å². The minimum atomic E-state index is -0.954. The van der Waals surface area contributed by atoms with Gasteiger partial charge in [-0.2, -0.15) is 5.11 Å². The highest BCUT2D eigenvalue weighted by molar-refractivity contribution is 9.10. The lowest BCUT2D eigenvalue weighted by molar-refractivity contribution is -0.123. The standard InChI is InChI=1S/C19H16BrN5O4/c1-29-14-5-3-2-4-13(14)21-15(26)10-24-17-16(22-23-24)18(27)25(19(17)28)12-8-6-11(20)7-9-12/h2-9,16-17H,10H2,1H3,(H,21,26)/t16-,17+/m0/s1. The fourth-order valence-electron chi connectivity index (χ4n) is 3.28. The molecular weight excluding hydrogens is 442 g/mol. The summed E-state index contributed by atoms with van der Waals surface area (Å²) in [6.45, 7) is -0.226. The number of ether oxygens (including phenoxy) is 1. The van der Waals surface area contributed by atoms with Crippen LogP contribution in [0.5, 0.6) is 5.75 Å². The normalized spacial score (nSPS) is 20.2. The molecule has 0 unspecified atom stereocenters. The molecule has 1 fully saturated rings. The molecule has 148 valence electrons. The van der Waals surface area contributed by atoms with Crippen molar-refractivity contribution in [2.45, 2.75) is 12.1 Å². The average molecular weight is 458 g/mol. The zero-order valence-corrected chi connectivity index (χ0v) is 16.9. The Balaban J connectivity index is 1.49. The molecule has 4 rings (SSSR count). The van der Waals surface area contributed by atoms with Crippen LogP contribution in [-0.4, -0.2) is 48.5 Å². The van der Waals surface area contributed by atoms with Crippen molar-refractivity contribution in [3.8, 4) is 5.75 Å². The number of hydrogen-bond donors (Lipinski definition) is 1. The van der Waals surface area contributed by atoms with Gasteiger partial charge < -0.3 is 10.1 Å². The van der Waals surface area contributed by atoms with Gasteiger partial charge in [-0.15, -0.1) is 0 Å². The van der Waals surface area contributed by atoms with Crippen LogP contribution in [0.25, 0.3) is 0 Å². The van der Waals surface area contributed by atoms with E-state index < -0.39 is 29.8 Å². The Labute approximate surface area is 174 Å². The molecular formula is C19H16BrN5O4. The van der Waals surface area contributed by atoms with Crippen molar-refractivity contribution in [1.29, 1.82) is 0 Å². The van der Waals surface area contributed by atoms with Crippen molar-refractivity contribution in [2.24, 2.45) is 10.3 Å². The summed E-state index contributed by atoms with van der Waals surface area (Å²) in [6.07, 6.45) is 0. The predicted octanol–water partition coefficient (Wildman–Crippen LogP) is 2.39. The summed E-state index contributed by atoms with van der Waals surface area (Å²) >= 11 is 3.32. The first-order chi connectivity index (χ1) is 14.0. The number of carbonyl (C=O) groups is 3. The molecule has 1 N–H and O–H groups in total. The largest absolute Gasteiger partial charge is 0.495 e. The molecule has 9 nitrogen and oxygen atoms in total. The molecule has 2 aliphatic heterocycles. The van der Waals surface area contributed by atoms with Gasteiger partial charge in [-0.1, -0.05) is 33.3 Å². The molecule has 3 amide bonds. The van der Waals surface area contributed by atoms with Crippen molar-refractivity contribution in [1.82, 2.24) is 5.01 Å². The van der Waals surface area contributed by atoms with Crippen LogP contribution in [0, 0.1) is 0 Å². The fourth-order valence-corrected chi connectivity index (χ4v) is 3.55. The van der Waals surface area contributed by atoms with E-state index in [0.717, 1.165) is 9.37 Å². The number of imide groups is 1. The number of nitrogens with one attached hydrogen (secondary N) is 1. The third kappa shape index (κ3) is 3.46. The smallest absolute Gasteiger partial charge is 0.263 e. The number of nitrogens with zero attached hydrogens (tertiary/aromatic N) is 4. The van der Waals surface area contributed by atoms with Gasteiger partial charge in [0.05, 0.1) is 18.5 Å². The van der Waals surface area contributed by atoms with Crippen molar-refractivity contribution in [3.63, 3.8) is 0 Å². The molecule has 0 aliphatic carbocycles. The van der Waals surface area contributed by atoms with Gasteiger partial charge >= 0.3 is 0 Å². The van der Waals surface area contributed by atoms with E-state index in [1.54, 1.807) is 48.5 Å². The lowest BCUT2D eigenvalue weighted by atomic mass is 10.1. The van der Waals surface area contributed by atoms with E-state index in [1.807, 2.05) is 0 Å². The summed E-state index contributed by atoms with van der Waals surface area (Å²) in [4.78, 5) is 39.2. The molecule has 2 aliphatic rings. The summed E-state index contributed by atoms with van der Waals surface area (Å²) < 4.78 is 6.04. The predicted molar refractivity (Wildman–Crippen MR) is 107 cm³/mol. The third-order valence-electron chi connectivity index (χ3n) is 4.63. The van der Waals surface area contributed by atoms with Crippen LogP contribution in [0.15, 0.2) is 63.3 Å². The second kappa shape index (κ2) is 7.63. The van der Waals surface area contributed by atoms with Crippen LogP contribution in [-0.2, 0) is 14.4 Å². The molecule has 29 heavy (non-hydrogen) atoms. The zero-order valence-electron chi connectivity index (χ0n) is 15.3. The molecule has 0 bridgehead atoms. The number of methoxy groups -OCH3 is 1. The van der Waals surface area contributed by atoms with Gasteiger partial charge in [-0.05, 0) is 36.4 Å². The third-order valence-corrected chi connectivity index (χ3v) is 5.16. The Morgan fingerprint density at radius 2 is 1.86 bits per heavy atom. The fraction of sp³-hybridized carbons (Fsp3) is 0.211. The van der Waals surface area contributed by atoms with Crippen LogP contribution >= 0.6 is 15.9 Å². The van der Waals surface area contributed by atoms with Gasteiger partial charge in [0.2, 0.25) is 5.91 Å². The van der Waals surface area contributed by atoms with Crippen molar-refractivity contribution in [3.05, 3.63) is 53.0 Å². The number of halogens is 1. The molecule has 0 spiro atoms. The number of carbonyl (C=O) groups excluding carboxylic acids is 3. The summed E-state index contributed by atoms with van der Waals surface area (Å²) in [7, 11) is 1.50. The molecule has 0 aromatic heterocycles. The van der Waals surface area contributed by atoms with Gasteiger partial charge in [0, 0.05) is 4.47 Å². The first-order valence-electron chi connectivity index (χ1n) is 8.73. The number of rotatable bonds is 5. The van der Waals surface area contributed by atoms with E-state index >= 15 is 0 Å². The first-order valence-corrected chi connectivity index (χ1v) is 9.52. The molecule has 2 aromatic rings. The molecule has 2 atom stereocenters. The first kappa shape index (κ1) is 19.1. The Hall–Kier alpha value is -3.27. The van der Waals surface area contributed by atoms with Crippen LogP contribution < -0.4 is 15.0 Å². The maximum absolute atomic E-state index is 12.9. The van der Waals surface area contributed by atoms with Crippen molar-refractivity contribution >= 4 is 45.0 Å². The number of para-hydroxylation sites is 2. The second-order valence-corrected chi connectivity index (χ2v) is 7.34. The zero-order chi connectivity index (χ0) is 20.5. The second-order valence-electron chi connectivity index (χ2n) is 6.43. The van der Waals surface area contributed by atoms with E-state index in [-0.39, 0.29) is 6.54 Å². The van der Waals surface area contributed by atoms with Crippen molar-refractivity contribution in [2.75, 3.05) is 23.9 Å². The summed E-state index contributed by atoms with van der Waals surface area (Å²) in [5.41, 5.74) is 0.948. The number of amides is 3.